The van der Waals surface area contributed by atoms with Gasteiger partial charge in [0, 0.05) is 25.2 Å². The van der Waals surface area contributed by atoms with Crippen LogP contribution in [0.15, 0.2) is 41.1 Å². The minimum Gasteiger partial charge on any atom is -0.415 e. The zero-order valence-corrected chi connectivity index (χ0v) is 14.1. The molecule has 3 heterocycles. The molecular weight excluding hydrogens is 316 g/mol. The van der Waals surface area contributed by atoms with Crippen LogP contribution in [-0.2, 0) is 6.54 Å². The highest BCUT2D eigenvalue weighted by Gasteiger charge is 2.17. The van der Waals surface area contributed by atoms with Crippen LogP contribution in [0.25, 0.3) is 23.0 Å². The Morgan fingerprint density at radius 1 is 1.04 bits per heavy atom. The zero-order valence-electron chi connectivity index (χ0n) is 14.1. The van der Waals surface area contributed by atoms with E-state index in [-0.39, 0.29) is 0 Å². The van der Waals surface area contributed by atoms with E-state index in [2.05, 4.69) is 30.4 Å². The standard InChI is InChI=1S/C18H20N6O/c1-19-10-13-4-6-14(7-5-13)17-22-23-18(25-17)15-11-20-12-16(21-15)24-8-2-3-9-24/h4-7,11-12,19H,2-3,8-10H2,1H3. The molecule has 0 spiro atoms. The average molecular weight is 336 g/mol. The van der Waals surface area contributed by atoms with Gasteiger partial charge in [0.05, 0.1) is 12.4 Å². The summed E-state index contributed by atoms with van der Waals surface area (Å²) < 4.78 is 5.81. The van der Waals surface area contributed by atoms with Gasteiger partial charge in [-0.05, 0) is 37.6 Å². The van der Waals surface area contributed by atoms with Crippen molar-refractivity contribution in [1.29, 1.82) is 0 Å². The van der Waals surface area contributed by atoms with Gasteiger partial charge in [-0.3, -0.25) is 4.98 Å². The lowest BCUT2D eigenvalue weighted by molar-refractivity contribution is 0.581. The van der Waals surface area contributed by atoms with E-state index in [0.29, 0.717) is 17.5 Å². The second kappa shape index (κ2) is 6.98. The summed E-state index contributed by atoms with van der Waals surface area (Å²) in [6, 6.07) is 8.06. The molecule has 7 heteroatoms. The fourth-order valence-electron chi connectivity index (χ4n) is 2.97. The predicted molar refractivity (Wildman–Crippen MR) is 95.0 cm³/mol. The second-order valence-electron chi connectivity index (χ2n) is 6.10. The first-order chi connectivity index (χ1) is 12.3. The zero-order chi connectivity index (χ0) is 17.1. The number of hydrogen-bond acceptors (Lipinski definition) is 7. The molecule has 4 rings (SSSR count). The van der Waals surface area contributed by atoms with Crippen LogP contribution in [-0.4, -0.2) is 40.3 Å². The summed E-state index contributed by atoms with van der Waals surface area (Å²) in [7, 11) is 1.93. The first-order valence-corrected chi connectivity index (χ1v) is 8.48. The van der Waals surface area contributed by atoms with E-state index in [0.717, 1.165) is 31.0 Å². The summed E-state index contributed by atoms with van der Waals surface area (Å²) in [6.45, 7) is 2.87. The summed E-state index contributed by atoms with van der Waals surface area (Å²) >= 11 is 0. The van der Waals surface area contributed by atoms with Crippen molar-refractivity contribution in [3.8, 4) is 23.0 Å². The first-order valence-electron chi connectivity index (χ1n) is 8.48. The number of aromatic nitrogens is 4. The molecule has 0 aliphatic carbocycles. The minimum absolute atomic E-state index is 0.392. The van der Waals surface area contributed by atoms with E-state index in [4.69, 9.17) is 4.42 Å². The molecule has 0 amide bonds. The van der Waals surface area contributed by atoms with Gasteiger partial charge in [0.25, 0.3) is 5.89 Å². The molecule has 1 fully saturated rings. The molecule has 1 N–H and O–H groups in total. The third kappa shape index (κ3) is 3.36. The van der Waals surface area contributed by atoms with Crippen LogP contribution in [0, 0.1) is 0 Å². The van der Waals surface area contributed by atoms with Gasteiger partial charge >= 0.3 is 0 Å². The molecule has 7 nitrogen and oxygen atoms in total. The van der Waals surface area contributed by atoms with Gasteiger partial charge in [0.1, 0.15) is 11.5 Å². The third-order valence-corrected chi connectivity index (χ3v) is 4.28. The Morgan fingerprint density at radius 2 is 1.80 bits per heavy atom. The lowest BCUT2D eigenvalue weighted by atomic mass is 10.1. The smallest absolute Gasteiger partial charge is 0.268 e. The Kier molecular flexibility index (Phi) is 4.39. The Hall–Kier alpha value is -2.80. The largest absolute Gasteiger partial charge is 0.415 e. The molecule has 1 aliphatic heterocycles. The van der Waals surface area contributed by atoms with Gasteiger partial charge < -0.3 is 14.6 Å². The molecular formula is C18H20N6O. The van der Waals surface area contributed by atoms with Crippen molar-refractivity contribution in [3.63, 3.8) is 0 Å². The van der Waals surface area contributed by atoms with E-state index in [1.165, 1.54) is 18.4 Å². The van der Waals surface area contributed by atoms with E-state index < -0.39 is 0 Å². The number of rotatable bonds is 5. The number of hydrogen-bond donors (Lipinski definition) is 1. The van der Waals surface area contributed by atoms with Crippen LogP contribution in [0.4, 0.5) is 5.82 Å². The average Bonchev–Trinajstić information content (AvgIpc) is 3.35. The van der Waals surface area contributed by atoms with Crippen molar-refractivity contribution in [2.75, 3.05) is 25.0 Å². The normalized spacial score (nSPS) is 14.2. The Labute approximate surface area is 146 Å². The number of anilines is 1. The van der Waals surface area contributed by atoms with E-state index in [1.54, 1.807) is 12.4 Å². The van der Waals surface area contributed by atoms with Gasteiger partial charge in [-0.2, -0.15) is 0 Å². The Morgan fingerprint density at radius 3 is 2.56 bits per heavy atom. The van der Waals surface area contributed by atoms with Crippen molar-refractivity contribution in [1.82, 2.24) is 25.5 Å². The maximum Gasteiger partial charge on any atom is 0.268 e. The molecule has 0 atom stereocenters. The first kappa shape index (κ1) is 15.7. The topological polar surface area (TPSA) is 80.0 Å². The molecule has 25 heavy (non-hydrogen) atoms. The summed E-state index contributed by atoms with van der Waals surface area (Å²) in [5, 5.41) is 11.4. The van der Waals surface area contributed by atoms with Crippen molar-refractivity contribution in [3.05, 3.63) is 42.2 Å². The molecule has 1 aromatic carbocycles. The van der Waals surface area contributed by atoms with Crippen LogP contribution in [0.1, 0.15) is 18.4 Å². The molecule has 1 aliphatic rings. The molecule has 0 bridgehead atoms. The quantitative estimate of drug-likeness (QED) is 0.767. The molecule has 0 unspecified atom stereocenters. The lowest BCUT2D eigenvalue weighted by Crippen LogP contribution is -2.19. The summed E-state index contributed by atoms with van der Waals surface area (Å²) in [4.78, 5) is 11.1. The number of benzene rings is 1. The third-order valence-electron chi connectivity index (χ3n) is 4.28. The highest BCUT2D eigenvalue weighted by molar-refractivity contribution is 5.56. The number of nitrogens with one attached hydrogen (secondary N) is 1. The molecule has 128 valence electrons. The van der Waals surface area contributed by atoms with E-state index >= 15 is 0 Å². The lowest BCUT2D eigenvalue weighted by Gasteiger charge is -2.15. The molecule has 1 saturated heterocycles. The summed E-state index contributed by atoms with van der Waals surface area (Å²) in [5.41, 5.74) is 2.70. The predicted octanol–water partition coefficient (Wildman–Crippen LogP) is 2.51. The van der Waals surface area contributed by atoms with Crippen LogP contribution in [0.3, 0.4) is 0 Å². The van der Waals surface area contributed by atoms with E-state index in [9.17, 15) is 0 Å². The minimum atomic E-state index is 0.392. The Balaban J connectivity index is 1.57. The van der Waals surface area contributed by atoms with Crippen LogP contribution < -0.4 is 10.2 Å². The number of nitrogens with zero attached hydrogens (tertiary/aromatic N) is 5. The van der Waals surface area contributed by atoms with Crippen molar-refractivity contribution in [2.45, 2.75) is 19.4 Å². The summed E-state index contributed by atoms with van der Waals surface area (Å²) in [6.07, 6.45) is 5.83. The Bertz CT molecular complexity index is 839. The van der Waals surface area contributed by atoms with Crippen molar-refractivity contribution in [2.24, 2.45) is 0 Å². The highest BCUT2D eigenvalue weighted by atomic mass is 16.4. The van der Waals surface area contributed by atoms with Crippen molar-refractivity contribution >= 4 is 5.82 Å². The van der Waals surface area contributed by atoms with Gasteiger partial charge in [-0.1, -0.05) is 12.1 Å². The van der Waals surface area contributed by atoms with Gasteiger partial charge in [-0.15, -0.1) is 10.2 Å². The maximum atomic E-state index is 5.81. The van der Waals surface area contributed by atoms with Gasteiger partial charge in [-0.25, -0.2) is 4.98 Å². The maximum absolute atomic E-state index is 5.81. The monoisotopic (exact) mass is 336 g/mol. The van der Waals surface area contributed by atoms with Crippen LogP contribution in [0.5, 0.6) is 0 Å². The second-order valence-corrected chi connectivity index (χ2v) is 6.10. The molecule has 3 aromatic rings. The SMILES string of the molecule is CNCc1ccc(-c2nnc(-c3cncc(N4CCCC4)n3)o2)cc1. The van der Waals surface area contributed by atoms with Gasteiger partial charge in [0.15, 0.2) is 0 Å². The van der Waals surface area contributed by atoms with Crippen LogP contribution in [0.2, 0.25) is 0 Å². The highest BCUT2D eigenvalue weighted by Crippen LogP contribution is 2.25. The summed E-state index contributed by atoms with van der Waals surface area (Å²) in [5.74, 6) is 1.74. The fraction of sp³-hybridized carbons (Fsp3) is 0.333. The molecule has 0 saturated carbocycles. The van der Waals surface area contributed by atoms with E-state index in [1.807, 2.05) is 31.3 Å². The molecule has 2 aromatic heterocycles. The van der Waals surface area contributed by atoms with Crippen LogP contribution >= 0.6 is 0 Å². The van der Waals surface area contributed by atoms with Gasteiger partial charge in [0.2, 0.25) is 5.89 Å². The van der Waals surface area contributed by atoms with Crippen molar-refractivity contribution < 1.29 is 4.42 Å². The molecule has 0 radical (unpaired) electrons. The fourth-order valence-corrected chi connectivity index (χ4v) is 2.97.